The van der Waals surface area contributed by atoms with Crippen molar-refractivity contribution in [2.45, 2.75) is 24.8 Å². The van der Waals surface area contributed by atoms with Crippen LogP contribution >= 0.6 is 0 Å². The number of aliphatic hydroxyl groups is 2. The Bertz CT molecular complexity index is 183. The third kappa shape index (κ3) is 6.17. The zero-order valence-corrected chi connectivity index (χ0v) is 6.40. The Morgan fingerprint density at radius 2 is 2.08 bits per heavy atom. The van der Waals surface area contributed by atoms with Crippen LogP contribution in [0.15, 0.2) is 12.7 Å². The Hall–Kier alpha value is 0.0600. The summed E-state index contributed by atoms with van der Waals surface area (Å²) in [5.74, 6) is -3.81. The molecule has 0 aromatic carbocycles. The van der Waals surface area contributed by atoms with Crippen molar-refractivity contribution in [3.63, 3.8) is 0 Å². The van der Waals surface area contributed by atoms with Crippen LogP contribution in [0.3, 0.4) is 0 Å². The Kier molecular flexibility index (Phi) is 7.77. The van der Waals surface area contributed by atoms with Gasteiger partial charge in [0.15, 0.2) is 6.17 Å². The first-order chi connectivity index (χ1) is 5.40. The molecular formula is C7H12FNaO4. The molecule has 72 valence electrons. The van der Waals surface area contributed by atoms with E-state index in [1.807, 2.05) is 0 Å². The number of halogens is 1. The predicted octanol–water partition coefficient (Wildman–Crippen LogP) is -0.592. The SMILES string of the molecule is C=CC(O)(O)C(F)CCC(=O)O.[NaH]. The molecule has 0 saturated carbocycles. The molecule has 0 radical (unpaired) electrons. The van der Waals surface area contributed by atoms with E-state index in [-0.39, 0.29) is 29.6 Å². The van der Waals surface area contributed by atoms with E-state index < -0.39 is 30.8 Å². The molecule has 0 saturated heterocycles. The van der Waals surface area contributed by atoms with E-state index in [2.05, 4.69) is 6.58 Å². The molecule has 0 amide bonds. The van der Waals surface area contributed by atoms with Crippen molar-refractivity contribution in [1.82, 2.24) is 0 Å². The molecule has 0 spiro atoms. The molecule has 0 aliphatic rings. The van der Waals surface area contributed by atoms with Gasteiger partial charge in [-0.05, 0) is 12.5 Å². The number of hydrogen-bond acceptors (Lipinski definition) is 3. The summed E-state index contributed by atoms with van der Waals surface area (Å²) in [5.41, 5.74) is 0. The molecule has 4 nitrogen and oxygen atoms in total. The number of aliphatic carboxylic acids is 1. The van der Waals surface area contributed by atoms with Gasteiger partial charge in [-0.2, -0.15) is 0 Å². The zero-order chi connectivity index (χ0) is 9.78. The molecule has 0 rings (SSSR count). The molecule has 0 aliphatic carbocycles. The third-order valence-corrected chi connectivity index (χ3v) is 1.37. The summed E-state index contributed by atoms with van der Waals surface area (Å²) in [6.07, 6.45) is -2.29. The van der Waals surface area contributed by atoms with Gasteiger partial charge in [0, 0.05) is 6.42 Å². The van der Waals surface area contributed by atoms with E-state index in [1.54, 1.807) is 0 Å². The van der Waals surface area contributed by atoms with Gasteiger partial charge < -0.3 is 15.3 Å². The fourth-order valence-corrected chi connectivity index (χ4v) is 0.591. The van der Waals surface area contributed by atoms with E-state index in [1.165, 1.54) is 0 Å². The molecule has 3 N–H and O–H groups in total. The van der Waals surface area contributed by atoms with Crippen LogP contribution < -0.4 is 0 Å². The van der Waals surface area contributed by atoms with Crippen LogP contribution in [0.5, 0.6) is 0 Å². The molecule has 0 aromatic rings. The van der Waals surface area contributed by atoms with Gasteiger partial charge in [0.05, 0.1) is 0 Å². The average molecular weight is 202 g/mol. The molecule has 0 fully saturated rings. The molecular weight excluding hydrogens is 190 g/mol. The second-order valence-electron chi connectivity index (χ2n) is 2.39. The molecule has 0 aromatic heterocycles. The van der Waals surface area contributed by atoms with Crippen molar-refractivity contribution >= 4 is 35.5 Å². The fourth-order valence-electron chi connectivity index (χ4n) is 0.591. The number of carbonyl (C=O) groups is 1. The van der Waals surface area contributed by atoms with Gasteiger partial charge in [0.2, 0.25) is 5.79 Å². The molecule has 0 bridgehead atoms. The Balaban J connectivity index is 0. The van der Waals surface area contributed by atoms with Crippen molar-refractivity contribution in [3.8, 4) is 0 Å². The summed E-state index contributed by atoms with van der Waals surface area (Å²) in [4.78, 5) is 9.96. The monoisotopic (exact) mass is 202 g/mol. The summed E-state index contributed by atoms with van der Waals surface area (Å²) in [5, 5.41) is 25.7. The van der Waals surface area contributed by atoms with Crippen molar-refractivity contribution < 1.29 is 24.5 Å². The van der Waals surface area contributed by atoms with Crippen molar-refractivity contribution in [3.05, 3.63) is 12.7 Å². The zero-order valence-electron chi connectivity index (χ0n) is 6.40. The van der Waals surface area contributed by atoms with Crippen molar-refractivity contribution in [2.24, 2.45) is 0 Å². The van der Waals surface area contributed by atoms with Crippen LogP contribution in [0.1, 0.15) is 12.8 Å². The first-order valence-electron chi connectivity index (χ1n) is 3.34. The maximum absolute atomic E-state index is 12.7. The average Bonchev–Trinajstić information content (AvgIpc) is 2.00. The fraction of sp³-hybridized carbons (Fsp3) is 0.571. The number of carboxylic acids is 1. The van der Waals surface area contributed by atoms with Gasteiger partial charge in [-0.1, -0.05) is 6.58 Å². The van der Waals surface area contributed by atoms with Crippen LogP contribution in [0, 0.1) is 0 Å². The summed E-state index contributed by atoms with van der Waals surface area (Å²) < 4.78 is 12.7. The molecule has 1 atom stereocenters. The summed E-state index contributed by atoms with van der Waals surface area (Å²) >= 11 is 0. The minimum absolute atomic E-state index is 0. The first kappa shape index (κ1) is 15.5. The number of alkyl halides is 1. The Morgan fingerprint density at radius 3 is 2.38 bits per heavy atom. The van der Waals surface area contributed by atoms with Gasteiger partial charge in [-0.3, -0.25) is 4.79 Å². The van der Waals surface area contributed by atoms with E-state index >= 15 is 0 Å². The van der Waals surface area contributed by atoms with E-state index in [0.717, 1.165) is 0 Å². The molecule has 13 heavy (non-hydrogen) atoms. The predicted molar refractivity (Wildman–Crippen MR) is 46.3 cm³/mol. The van der Waals surface area contributed by atoms with Crippen LogP contribution in [-0.4, -0.2) is 62.8 Å². The first-order valence-corrected chi connectivity index (χ1v) is 3.34. The molecule has 1 unspecified atom stereocenters. The standard InChI is InChI=1S/C7H11FO4.Na.H/c1-2-7(11,12)5(8)3-4-6(9)10;;/h2,5,11-12H,1,3-4H2,(H,9,10);;. The normalized spacial score (nSPS) is 12.8. The van der Waals surface area contributed by atoms with Crippen molar-refractivity contribution in [1.29, 1.82) is 0 Å². The third-order valence-electron chi connectivity index (χ3n) is 1.37. The molecule has 0 heterocycles. The maximum atomic E-state index is 12.7. The van der Waals surface area contributed by atoms with Crippen LogP contribution in [0.2, 0.25) is 0 Å². The quantitative estimate of drug-likeness (QED) is 0.316. The second-order valence-corrected chi connectivity index (χ2v) is 2.39. The Morgan fingerprint density at radius 1 is 1.62 bits per heavy atom. The molecule has 0 aliphatic heterocycles. The molecule has 6 heteroatoms. The Labute approximate surface area is 97.4 Å². The minimum atomic E-state index is -2.63. The summed E-state index contributed by atoms with van der Waals surface area (Å²) in [6.45, 7) is 2.99. The second kappa shape index (κ2) is 6.50. The number of hydrogen-bond donors (Lipinski definition) is 3. The van der Waals surface area contributed by atoms with Gasteiger partial charge in [0.1, 0.15) is 0 Å². The van der Waals surface area contributed by atoms with E-state index in [4.69, 9.17) is 15.3 Å². The number of rotatable bonds is 5. The summed E-state index contributed by atoms with van der Waals surface area (Å²) in [7, 11) is 0. The number of carboxylic acid groups (broad SMARTS) is 1. The van der Waals surface area contributed by atoms with Crippen LogP contribution in [0.4, 0.5) is 4.39 Å². The van der Waals surface area contributed by atoms with Crippen LogP contribution in [0.25, 0.3) is 0 Å². The van der Waals surface area contributed by atoms with Gasteiger partial charge >= 0.3 is 35.5 Å². The van der Waals surface area contributed by atoms with E-state index in [9.17, 15) is 9.18 Å². The van der Waals surface area contributed by atoms with Gasteiger partial charge in [-0.25, -0.2) is 4.39 Å². The topological polar surface area (TPSA) is 77.8 Å². The summed E-state index contributed by atoms with van der Waals surface area (Å²) in [6, 6.07) is 0. The van der Waals surface area contributed by atoms with Crippen LogP contribution in [-0.2, 0) is 4.79 Å². The van der Waals surface area contributed by atoms with Gasteiger partial charge in [-0.15, -0.1) is 0 Å². The van der Waals surface area contributed by atoms with E-state index in [0.29, 0.717) is 6.08 Å². The van der Waals surface area contributed by atoms with Crippen molar-refractivity contribution in [2.75, 3.05) is 0 Å². The van der Waals surface area contributed by atoms with Gasteiger partial charge in [0.25, 0.3) is 0 Å².